The SMILES string of the molecule is c1ccc2cc(-c3nc(-n4c5ccc6cccc7c6c5c5c6c(ccc54)oc4cccc-7c46)nc4c3oc3ccccc34)ccc2c1. The van der Waals surface area contributed by atoms with E-state index in [4.69, 9.17) is 18.8 Å². The van der Waals surface area contributed by atoms with E-state index in [1.807, 2.05) is 18.2 Å². The Morgan fingerprint density at radius 2 is 1.17 bits per heavy atom. The fraction of sp³-hybridized carbons (Fsp3) is 0. The molecular weight excluding hydrogens is 578 g/mol. The monoisotopic (exact) mass is 599 g/mol. The van der Waals surface area contributed by atoms with Crippen molar-refractivity contribution in [1.82, 2.24) is 14.5 Å². The Balaban J connectivity index is 1.29. The maximum atomic E-state index is 6.51. The molecule has 0 radical (unpaired) electrons. The average Bonchev–Trinajstić information content (AvgIpc) is 3.77. The van der Waals surface area contributed by atoms with Gasteiger partial charge in [0.05, 0.1) is 11.0 Å². The van der Waals surface area contributed by atoms with E-state index in [0.29, 0.717) is 11.5 Å². The first kappa shape index (κ1) is 23.9. The summed E-state index contributed by atoms with van der Waals surface area (Å²) in [7, 11) is 0. The van der Waals surface area contributed by atoms with Gasteiger partial charge in [0.25, 0.3) is 0 Å². The molecule has 0 saturated carbocycles. The summed E-state index contributed by atoms with van der Waals surface area (Å²) in [4.78, 5) is 10.7. The van der Waals surface area contributed by atoms with Crippen LogP contribution >= 0.6 is 0 Å². The lowest BCUT2D eigenvalue weighted by atomic mass is 9.95. The van der Waals surface area contributed by atoms with Gasteiger partial charge >= 0.3 is 0 Å². The Bertz CT molecular complexity index is 3200. The number of furan rings is 2. The van der Waals surface area contributed by atoms with Gasteiger partial charge in [0.2, 0.25) is 5.95 Å². The van der Waals surface area contributed by atoms with Crippen LogP contribution in [-0.2, 0) is 0 Å². The number of nitrogens with zero attached hydrogens (tertiary/aromatic N) is 3. The summed E-state index contributed by atoms with van der Waals surface area (Å²) >= 11 is 0. The van der Waals surface area contributed by atoms with Crippen LogP contribution in [0.5, 0.6) is 0 Å². The summed E-state index contributed by atoms with van der Waals surface area (Å²) in [6.45, 7) is 0. The van der Waals surface area contributed by atoms with Gasteiger partial charge in [-0.3, -0.25) is 4.57 Å². The topological polar surface area (TPSA) is 57.0 Å². The van der Waals surface area contributed by atoms with Crippen molar-refractivity contribution in [3.8, 4) is 28.3 Å². The highest BCUT2D eigenvalue weighted by molar-refractivity contribution is 6.38. The summed E-state index contributed by atoms with van der Waals surface area (Å²) < 4.78 is 15.2. The van der Waals surface area contributed by atoms with Crippen molar-refractivity contribution in [3.63, 3.8) is 0 Å². The molecule has 5 heteroatoms. The molecule has 0 amide bonds. The van der Waals surface area contributed by atoms with Crippen LogP contribution in [0.15, 0.2) is 136 Å². The first-order valence-corrected chi connectivity index (χ1v) is 15.8. The molecule has 1 aliphatic carbocycles. The van der Waals surface area contributed by atoms with Gasteiger partial charge in [0.15, 0.2) is 5.58 Å². The van der Waals surface area contributed by atoms with Crippen LogP contribution in [0.25, 0.3) is 116 Å². The van der Waals surface area contributed by atoms with Gasteiger partial charge in [0.1, 0.15) is 28.0 Å². The Kier molecular flexibility index (Phi) is 4.17. The van der Waals surface area contributed by atoms with Gasteiger partial charge < -0.3 is 8.83 Å². The van der Waals surface area contributed by atoms with E-state index in [1.54, 1.807) is 0 Å². The maximum absolute atomic E-state index is 6.51. The number of fused-ring (bicyclic) bond motifs is 5. The predicted molar refractivity (Wildman–Crippen MR) is 190 cm³/mol. The second-order valence-electron chi connectivity index (χ2n) is 12.5. The molecule has 11 aromatic rings. The van der Waals surface area contributed by atoms with E-state index in [9.17, 15) is 0 Å². The summed E-state index contributed by atoms with van der Waals surface area (Å²) in [5, 5.41) is 10.4. The molecule has 4 aromatic heterocycles. The van der Waals surface area contributed by atoms with Crippen LogP contribution in [0, 0.1) is 0 Å². The van der Waals surface area contributed by atoms with Crippen LogP contribution < -0.4 is 0 Å². The minimum atomic E-state index is 0.608. The molecule has 12 rings (SSSR count). The number of para-hydroxylation sites is 1. The molecule has 5 nitrogen and oxygen atoms in total. The van der Waals surface area contributed by atoms with E-state index in [2.05, 4.69) is 114 Å². The zero-order valence-electron chi connectivity index (χ0n) is 24.8. The second-order valence-corrected chi connectivity index (χ2v) is 12.5. The molecule has 0 bridgehead atoms. The molecule has 1 aliphatic rings. The number of hydrogen-bond acceptors (Lipinski definition) is 4. The highest BCUT2D eigenvalue weighted by Gasteiger charge is 2.28. The Hall–Kier alpha value is -6.46. The van der Waals surface area contributed by atoms with Gasteiger partial charge in [-0.25, -0.2) is 9.97 Å². The van der Waals surface area contributed by atoms with Crippen LogP contribution in [0.4, 0.5) is 0 Å². The summed E-state index contributed by atoms with van der Waals surface area (Å²) in [6, 6.07) is 44.7. The number of rotatable bonds is 2. The second kappa shape index (κ2) is 8.22. The lowest BCUT2D eigenvalue weighted by Gasteiger charge is -2.12. The number of hydrogen-bond donors (Lipinski definition) is 0. The van der Waals surface area contributed by atoms with Crippen LogP contribution in [-0.4, -0.2) is 14.5 Å². The molecule has 0 atom stereocenters. The lowest BCUT2D eigenvalue weighted by molar-refractivity contribution is 0.666. The Labute approximate surface area is 265 Å². The molecule has 0 aliphatic heterocycles. The molecule has 47 heavy (non-hydrogen) atoms. The average molecular weight is 600 g/mol. The zero-order valence-corrected chi connectivity index (χ0v) is 24.8. The van der Waals surface area contributed by atoms with Crippen LogP contribution in [0.3, 0.4) is 0 Å². The maximum Gasteiger partial charge on any atom is 0.236 e. The fourth-order valence-electron chi connectivity index (χ4n) is 8.15. The van der Waals surface area contributed by atoms with Crippen molar-refractivity contribution in [2.45, 2.75) is 0 Å². The van der Waals surface area contributed by atoms with Gasteiger partial charge in [-0.15, -0.1) is 0 Å². The van der Waals surface area contributed by atoms with Crippen molar-refractivity contribution in [2.75, 3.05) is 0 Å². The van der Waals surface area contributed by atoms with Gasteiger partial charge in [-0.05, 0) is 75.1 Å². The smallest absolute Gasteiger partial charge is 0.236 e. The lowest BCUT2D eigenvalue weighted by Crippen LogP contribution is -2.03. The fourth-order valence-corrected chi connectivity index (χ4v) is 8.15. The first-order chi connectivity index (χ1) is 23.3. The molecular formula is C42H21N3O2. The summed E-state index contributed by atoms with van der Waals surface area (Å²) in [5.41, 5.74) is 10.4. The van der Waals surface area contributed by atoms with Gasteiger partial charge in [0, 0.05) is 32.5 Å². The zero-order chi connectivity index (χ0) is 30.4. The summed E-state index contributed by atoms with van der Waals surface area (Å²) in [5.74, 6) is 0.608. The number of aromatic nitrogens is 3. The van der Waals surface area contributed by atoms with Crippen LogP contribution in [0.1, 0.15) is 0 Å². The van der Waals surface area contributed by atoms with Gasteiger partial charge in [-0.1, -0.05) is 84.9 Å². The molecule has 0 spiro atoms. The molecule has 7 aromatic carbocycles. The van der Waals surface area contributed by atoms with E-state index in [1.165, 1.54) is 38.1 Å². The van der Waals surface area contributed by atoms with Crippen molar-refractivity contribution in [1.29, 1.82) is 0 Å². The third-order valence-electron chi connectivity index (χ3n) is 10.1. The summed E-state index contributed by atoms with van der Waals surface area (Å²) in [6.07, 6.45) is 0. The molecule has 216 valence electrons. The van der Waals surface area contributed by atoms with Crippen molar-refractivity contribution in [3.05, 3.63) is 127 Å². The normalized spacial score (nSPS) is 12.7. The largest absolute Gasteiger partial charge is 0.456 e. The number of benzene rings is 7. The molecule has 0 saturated heterocycles. The molecule has 0 unspecified atom stereocenters. The molecule has 4 heterocycles. The minimum absolute atomic E-state index is 0.608. The minimum Gasteiger partial charge on any atom is -0.456 e. The molecule has 0 N–H and O–H groups in total. The molecule has 0 fully saturated rings. The van der Waals surface area contributed by atoms with E-state index < -0.39 is 0 Å². The van der Waals surface area contributed by atoms with Crippen molar-refractivity contribution >= 4 is 87.4 Å². The van der Waals surface area contributed by atoms with E-state index >= 15 is 0 Å². The quantitative estimate of drug-likeness (QED) is 0.198. The van der Waals surface area contributed by atoms with E-state index in [-0.39, 0.29) is 0 Å². The third-order valence-corrected chi connectivity index (χ3v) is 10.1. The van der Waals surface area contributed by atoms with Crippen molar-refractivity contribution < 1.29 is 8.83 Å². The predicted octanol–water partition coefficient (Wildman–Crippen LogP) is 11.3. The van der Waals surface area contributed by atoms with Crippen LogP contribution in [0.2, 0.25) is 0 Å². The Morgan fingerprint density at radius 1 is 0.468 bits per heavy atom. The van der Waals surface area contributed by atoms with Gasteiger partial charge in [-0.2, -0.15) is 0 Å². The third kappa shape index (κ3) is 2.90. The van der Waals surface area contributed by atoms with Crippen molar-refractivity contribution in [2.24, 2.45) is 0 Å². The first-order valence-electron chi connectivity index (χ1n) is 15.8. The highest BCUT2D eigenvalue weighted by atomic mass is 16.3. The Morgan fingerprint density at radius 3 is 2.11 bits per heavy atom. The standard InChI is InChI=1S/C42H21N3O2/c1-2-8-24-21-25(16-15-22(24)7-1)39-41-40(28-10-3-4-13-31(28)47-41)44-42(43-39)45-29-18-17-23-9-5-11-26-27-12-6-14-32-35(27)38-33(46-32)20-19-30(45)37(38)36(29)34(23)26/h1-21H. The van der Waals surface area contributed by atoms with E-state index in [0.717, 1.165) is 66.1 Å². The highest BCUT2D eigenvalue weighted by Crippen LogP contribution is 2.50.